The smallest absolute Gasteiger partial charge is 0.341 e. The predicted octanol–water partition coefficient (Wildman–Crippen LogP) is 1.40. The van der Waals surface area contributed by atoms with E-state index in [1.165, 1.54) is 6.07 Å². The van der Waals surface area contributed by atoms with E-state index in [-0.39, 0.29) is 47.2 Å². The maximum Gasteiger partial charge on any atom is 0.341 e. The number of rotatable bonds is 9. The molecule has 6 N–H and O–H groups in total. The third kappa shape index (κ3) is 4.85. The summed E-state index contributed by atoms with van der Waals surface area (Å²) < 4.78 is 23.5. The number of epoxide rings is 1. The molecule has 2 aliphatic rings. The first kappa shape index (κ1) is 25.8. The van der Waals surface area contributed by atoms with Crippen LogP contribution in [0.25, 0.3) is 11.0 Å². The van der Waals surface area contributed by atoms with Gasteiger partial charge in [0.1, 0.15) is 39.9 Å². The first-order chi connectivity index (χ1) is 17.0. The van der Waals surface area contributed by atoms with Crippen molar-refractivity contribution in [3.05, 3.63) is 33.7 Å². The highest BCUT2D eigenvalue weighted by atomic mass is 16.7. The molecule has 36 heavy (non-hydrogen) atoms. The van der Waals surface area contributed by atoms with Crippen LogP contribution in [0.15, 0.2) is 26.3 Å². The van der Waals surface area contributed by atoms with Gasteiger partial charge in [-0.2, -0.15) is 0 Å². The summed E-state index contributed by atoms with van der Waals surface area (Å²) in [5.74, 6) is -0.0201. The molecular weight excluding hydrogens is 470 g/mol. The summed E-state index contributed by atoms with van der Waals surface area (Å²) in [6, 6.07) is 2.89. The lowest BCUT2D eigenvalue weighted by molar-refractivity contribution is -0.168. The number of phenols is 1. The van der Waals surface area contributed by atoms with E-state index < -0.39 is 23.3 Å². The van der Waals surface area contributed by atoms with E-state index in [4.69, 9.17) is 30.1 Å². The average Bonchev–Trinajstić information content (AvgIpc) is 3.49. The van der Waals surface area contributed by atoms with E-state index in [9.17, 15) is 19.8 Å². The number of ether oxygens (including phenoxy) is 3. The summed E-state index contributed by atoms with van der Waals surface area (Å²) in [5, 5.41) is 20.3. The van der Waals surface area contributed by atoms with Gasteiger partial charge in [0.2, 0.25) is 0 Å². The second-order valence-electron chi connectivity index (χ2n) is 9.87. The molecule has 4 rings (SSSR count). The number of guanidine groups is 1. The SMILES string of the molecule is Cc1cc(=O)c2c(O)c3c(cc2o1)OC(C)(C)[C@H](OC(=O)[C@@]1(CCCO)O[C@@H]1CCCN=C(N)N)C3. The number of aliphatic hydroxyl groups is 1. The van der Waals surface area contributed by atoms with Crippen LogP contribution in [0.1, 0.15) is 50.9 Å². The minimum Gasteiger partial charge on any atom is -0.507 e. The summed E-state index contributed by atoms with van der Waals surface area (Å²) in [6.45, 7) is 5.53. The van der Waals surface area contributed by atoms with Crippen LogP contribution in [0.4, 0.5) is 0 Å². The first-order valence-electron chi connectivity index (χ1n) is 12.0. The number of hydrogen-bond acceptors (Lipinski definition) is 9. The van der Waals surface area contributed by atoms with Gasteiger partial charge in [0.25, 0.3) is 0 Å². The molecule has 3 heterocycles. The van der Waals surface area contributed by atoms with Crippen molar-refractivity contribution in [2.24, 2.45) is 16.5 Å². The Bertz CT molecular complexity index is 1250. The van der Waals surface area contributed by atoms with Gasteiger partial charge < -0.3 is 40.3 Å². The van der Waals surface area contributed by atoms with Crippen molar-refractivity contribution in [3.63, 3.8) is 0 Å². The fraction of sp³-hybridized carbons (Fsp3) is 0.560. The van der Waals surface area contributed by atoms with Crippen LogP contribution in [0, 0.1) is 6.92 Å². The Morgan fingerprint density at radius 3 is 2.72 bits per heavy atom. The molecule has 1 fully saturated rings. The Morgan fingerprint density at radius 2 is 2.03 bits per heavy atom. The van der Waals surface area contributed by atoms with Crippen molar-refractivity contribution in [1.29, 1.82) is 0 Å². The first-order valence-corrected chi connectivity index (χ1v) is 12.0. The van der Waals surface area contributed by atoms with Crippen molar-refractivity contribution in [2.75, 3.05) is 13.2 Å². The number of hydrogen-bond donors (Lipinski definition) is 4. The molecule has 0 aliphatic carbocycles. The average molecular weight is 504 g/mol. The number of aromatic hydroxyl groups is 1. The molecule has 1 saturated heterocycles. The Balaban J connectivity index is 1.55. The summed E-state index contributed by atoms with van der Waals surface area (Å²) in [5.41, 5.74) is 8.82. The molecule has 196 valence electrons. The summed E-state index contributed by atoms with van der Waals surface area (Å²) >= 11 is 0. The number of carbonyl (C=O) groups excluding carboxylic acids is 1. The highest BCUT2D eigenvalue weighted by Crippen LogP contribution is 2.47. The normalized spacial score (nSPS) is 24.0. The zero-order valence-electron chi connectivity index (χ0n) is 20.7. The molecule has 11 nitrogen and oxygen atoms in total. The van der Waals surface area contributed by atoms with Crippen LogP contribution in [0.2, 0.25) is 0 Å². The van der Waals surface area contributed by atoms with E-state index in [2.05, 4.69) is 4.99 Å². The number of esters is 1. The highest BCUT2D eigenvalue weighted by molar-refractivity contribution is 5.87. The van der Waals surface area contributed by atoms with Crippen molar-refractivity contribution in [2.45, 2.75) is 76.3 Å². The third-order valence-electron chi connectivity index (χ3n) is 6.75. The van der Waals surface area contributed by atoms with Crippen LogP contribution >= 0.6 is 0 Å². The second-order valence-corrected chi connectivity index (χ2v) is 9.87. The van der Waals surface area contributed by atoms with Gasteiger partial charge in [-0.3, -0.25) is 9.79 Å². The quantitative estimate of drug-likeness (QED) is 0.128. The lowest BCUT2D eigenvalue weighted by atomic mass is 9.89. The van der Waals surface area contributed by atoms with E-state index in [1.54, 1.807) is 26.8 Å². The van der Waals surface area contributed by atoms with Gasteiger partial charge in [0, 0.05) is 37.3 Å². The molecule has 0 unspecified atom stereocenters. The number of aliphatic hydroxyl groups excluding tert-OH is 1. The standard InChI is InChI=1S/C25H33N3O8/c1-13-10-15(30)20-17(33-13)12-16-14(21(20)31)11-19(24(2,3)35-16)34-22(32)25(7-5-9-29)18(36-25)6-4-8-28-23(26)27/h10,12,18-19,29,31H,4-9,11H2,1-3H3,(H4,26,27,28)/t18-,19-,25+/m1/s1. The van der Waals surface area contributed by atoms with E-state index >= 15 is 0 Å². The summed E-state index contributed by atoms with van der Waals surface area (Å²) in [7, 11) is 0. The van der Waals surface area contributed by atoms with Gasteiger partial charge in [-0.15, -0.1) is 0 Å². The minimum atomic E-state index is -1.17. The number of aryl methyl sites for hydroxylation is 1. The Morgan fingerprint density at radius 1 is 1.28 bits per heavy atom. The van der Waals surface area contributed by atoms with Gasteiger partial charge in [0.05, 0.1) is 6.10 Å². The van der Waals surface area contributed by atoms with Crippen LogP contribution in [0.5, 0.6) is 11.5 Å². The van der Waals surface area contributed by atoms with Gasteiger partial charge >= 0.3 is 5.97 Å². The number of aliphatic imine (C=N–C) groups is 1. The number of phenolic OH excluding ortho intramolecular Hbond substituents is 1. The minimum absolute atomic E-state index is 0.00131. The predicted molar refractivity (Wildman–Crippen MR) is 131 cm³/mol. The van der Waals surface area contributed by atoms with Crippen molar-refractivity contribution >= 4 is 22.9 Å². The number of benzene rings is 1. The molecule has 0 spiro atoms. The van der Waals surface area contributed by atoms with Crippen LogP contribution < -0.4 is 21.6 Å². The Hall–Kier alpha value is -3.31. The van der Waals surface area contributed by atoms with Crippen LogP contribution in [-0.4, -0.2) is 58.7 Å². The van der Waals surface area contributed by atoms with Crippen LogP contribution in [0.3, 0.4) is 0 Å². The second kappa shape index (κ2) is 9.62. The van der Waals surface area contributed by atoms with E-state index in [0.29, 0.717) is 49.3 Å². The fourth-order valence-corrected chi connectivity index (χ4v) is 4.76. The topological polar surface area (TPSA) is 183 Å². The Kier molecular flexibility index (Phi) is 6.89. The molecule has 11 heteroatoms. The third-order valence-corrected chi connectivity index (χ3v) is 6.75. The van der Waals surface area contributed by atoms with Gasteiger partial charge in [-0.1, -0.05) is 0 Å². The highest BCUT2D eigenvalue weighted by Gasteiger charge is 2.63. The Labute approximate surface area is 208 Å². The molecule has 2 aromatic rings. The monoisotopic (exact) mass is 503 g/mol. The molecule has 1 aromatic heterocycles. The maximum absolute atomic E-state index is 13.4. The molecule has 0 bridgehead atoms. The molecule has 0 amide bonds. The zero-order valence-corrected chi connectivity index (χ0v) is 20.7. The molecule has 1 aromatic carbocycles. The zero-order chi connectivity index (χ0) is 26.3. The maximum atomic E-state index is 13.4. The molecule has 0 radical (unpaired) electrons. The molecule has 2 aliphatic heterocycles. The summed E-state index contributed by atoms with van der Waals surface area (Å²) in [6.07, 6.45) is 0.823. The lowest BCUT2D eigenvalue weighted by Crippen LogP contribution is -2.50. The number of nitrogens with zero attached hydrogens (tertiary/aromatic N) is 1. The molecular formula is C25H33N3O8. The fourth-order valence-electron chi connectivity index (χ4n) is 4.76. The van der Waals surface area contributed by atoms with Crippen molar-refractivity contribution in [1.82, 2.24) is 0 Å². The largest absolute Gasteiger partial charge is 0.507 e. The molecule has 3 atom stereocenters. The lowest BCUT2D eigenvalue weighted by Gasteiger charge is -2.39. The van der Waals surface area contributed by atoms with Gasteiger partial charge in [-0.05, 0) is 46.5 Å². The summed E-state index contributed by atoms with van der Waals surface area (Å²) in [4.78, 5) is 29.8. The number of carbonyl (C=O) groups is 1. The molecule has 0 saturated carbocycles. The number of fused-ring (bicyclic) bond motifs is 2. The van der Waals surface area contributed by atoms with Crippen LogP contribution in [-0.2, 0) is 20.7 Å². The van der Waals surface area contributed by atoms with Gasteiger partial charge in [0.15, 0.2) is 17.0 Å². The van der Waals surface area contributed by atoms with E-state index in [1.807, 2.05) is 0 Å². The van der Waals surface area contributed by atoms with Crippen molar-refractivity contribution in [3.8, 4) is 11.5 Å². The van der Waals surface area contributed by atoms with Crippen molar-refractivity contribution < 1.29 is 33.6 Å². The van der Waals surface area contributed by atoms with Gasteiger partial charge in [-0.25, -0.2) is 4.79 Å². The van der Waals surface area contributed by atoms with E-state index in [0.717, 1.165) is 0 Å². The number of nitrogens with two attached hydrogens (primary N) is 2.